The van der Waals surface area contributed by atoms with Crippen molar-refractivity contribution in [3.8, 4) is 0 Å². The first kappa shape index (κ1) is 28.5. The Morgan fingerprint density at radius 3 is 1.55 bits per heavy atom. The van der Waals surface area contributed by atoms with Gasteiger partial charge in [0.15, 0.2) is 6.29 Å². The van der Waals surface area contributed by atoms with Crippen LogP contribution >= 0.6 is 0 Å². The van der Waals surface area contributed by atoms with Gasteiger partial charge in [0.1, 0.15) is 0 Å². The van der Waals surface area contributed by atoms with E-state index in [2.05, 4.69) is 5.32 Å². The number of rotatable bonds is 8. The summed E-state index contributed by atoms with van der Waals surface area (Å²) in [5.74, 6) is -6.26. The van der Waals surface area contributed by atoms with Crippen LogP contribution in [0.3, 0.4) is 0 Å². The number of aliphatic hydroxyl groups excluding tert-OH is 1. The second-order valence-corrected chi connectivity index (χ2v) is 8.19. The smallest absolute Gasteiger partial charge is 0.270 e. The first-order chi connectivity index (χ1) is 15.1. The van der Waals surface area contributed by atoms with Gasteiger partial charge in [0.05, 0.1) is 6.04 Å². The van der Waals surface area contributed by atoms with E-state index in [1.165, 1.54) is 31.3 Å². The Balaban J connectivity index is 0.000000331. The molecule has 9 heteroatoms. The highest BCUT2D eigenvalue weighted by molar-refractivity contribution is 5.81. The van der Waals surface area contributed by atoms with Gasteiger partial charge in [-0.3, -0.25) is 4.79 Å². The third-order valence-electron chi connectivity index (χ3n) is 5.03. The van der Waals surface area contributed by atoms with Crippen LogP contribution < -0.4 is 11.1 Å². The quantitative estimate of drug-likeness (QED) is 0.348. The number of likely N-dealkylation sites (N-methyl/N-ethyl adjacent to an activating group) is 1. The Morgan fingerprint density at radius 1 is 0.879 bits per heavy atom. The zero-order valence-electron chi connectivity index (χ0n) is 19.2. The van der Waals surface area contributed by atoms with Crippen LogP contribution in [-0.2, 0) is 29.5 Å². The van der Waals surface area contributed by atoms with Gasteiger partial charge >= 0.3 is 0 Å². The van der Waals surface area contributed by atoms with E-state index in [0.29, 0.717) is 12.8 Å². The SMILES string of the molecule is CNC(=O)[C@@H](N)Cc1ccc(C(C)(F)F)cc1.C[C@@H](Cc1ccc(C(C)(F)F)cc1)C(O)O. The molecule has 0 aromatic heterocycles. The molecule has 33 heavy (non-hydrogen) atoms. The van der Waals surface area contributed by atoms with E-state index in [1.54, 1.807) is 31.2 Å². The lowest BCUT2D eigenvalue weighted by Gasteiger charge is -2.15. The van der Waals surface area contributed by atoms with Gasteiger partial charge in [0, 0.05) is 37.9 Å². The van der Waals surface area contributed by atoms with Crippen molar-refractivity contribution in [1.82, 2.24) is 5.32 Å². The molecule has 1 amide bonds. The topological polar surface area (TPSA) is 95.6 Å². The minimum atomic E-state index is -2.85. The maximum Gasteiger partial charge on any atom is 0.270 e. The van der Waals surface area contributed by atoms with Crippen molar-refractivity contribution < 1.29 is 32.6 Å². The predicted molar refractivity (Wildman–Crippen MR) is 119 cm³/mol. The number of hydrogen-bond acceptors (Lipinski definition) is 4. The molecule has 184 valence electrons. The van der Waals surface area contributed by atoms with Gasteiger partial charge in [0.25, 0.3) is 11.8 Å². The lowest BCUT2D eigenvalue weighted by molar-refractivity contribution is -0.121. The Hall–Kier alpha value is -2.49. The van der Waals surface area contributed by atoms with Crippen LogP contribution in [0.25, 0.3) is 0 Å². The summed E-state index contributed by atoms with van der Waals surface area (Å²) in [4.78, 5) is 11.2. The zero-order valence-corrected chi connectivity index (χ0v) is 19.2. The average Bonchev–Trinajstić information content (AvgIpc) is 2.73. The number of nitrogens with one attached hydrogen (secondary N) is 1. The van der Waals surface area contributed by atoms with Crippen molar-refractivity contribution in [1.29, 1.82) is 0 Å². The molecule has 0 bridgehead atoms. The van der Waals surface area contributed by atoms with Crippen molar-refractivity contribution in [2.45, 2.75) is 57.8 Å². The van der Waals surface area contributed by atoms with E-state index < -0.39 is 24.2 Å². The minimum Gasteiger partial charge on any atom is -0.368 e. The zero-order chi connectivity index (χ0) is 25.4. The Labute approximate surface area is 191 Å². The molecule has 0 saturated heterocycles. The molecule has 0 aliphatic carbocycles. The Morgan fingerprint density at radius 2 is 1.24 bits per heavy atom. The first-order valence-corrected chi connectivity index (χ1v) is 10.4. The summed E-state index contributed by atoms with van der Waals surface area (Å²) >= 11 is 0. The highest BCUT2D eigenvalue weighted by Crippen LogP contribution is 2.28. The summed E-state index contributed by atoms with van der Waals surface area (Å²) in [5.41, 5.74) is 7.11. The molecule has 0 spiro atoms. The van der Waals surface area contributed by atoms with Crippen molar-refractivity contribution in [2.75, 3.05) is 7.05 Å². The normalized spacial score (nSPS) is 13.7. The van der Waals surface area contributed by atoms with Gasteiger partial charge < -0.3 is 21.3 Å². The lowest BCUT2D eigenvalue weighted by Crippen LogP contribution is -2.40. The van der Waals surface area contributed by atoms with Crippen LogP contribution in [0.2, 0.25) is 0 Å². The van der Waals surface area contributed by atoms with E-state index in [-0.39, 0.29) is 23.0 Å². The highest BCUT2D eigenvalue weighted by Gasteiger charge is 2.24. The number of aliphatic hydroxyl groups is 2. The summed E-state index contributed by atoms with van der Waals surface area (Å²) < 4.78 is 51.7. The lowest BCUT2D eigenvalue weighted by atomic mass is 9.99. The van der Waals surface area contributed by atoms with Gasteiger partial charge in [-0.15, -0.1) is 0 Å². The number of hydrogen-bond donors (Lipinski definition) is 4. The van der Waals surface area contributed by atoms with Crippen LogP contribution in [0.4, 0.5) is 17.6 Å². The molecule has 0 fully saturated rings. The average molecular weight is 473 g/mol. The van der Waals surface area contributed by atoms with E-state index in [9.17, 15) is 22.4 Å². The number of alkyl halides is 4. The van der Waals surface area contributed by atoms with Crippen molar-refractivity contribution in [3.05, 3.63) is 70.8 Å². The van der Waals surface area contributed by atoms with E-state index in [0.717, 1.165) is 25.0 Å². The molecular formula is C24H32F4N2O3. The molecule has 2 aromatic rings. The fraction of sp³-hybridized carbons (Fsp3) is 0.458. The molecule has 0 radical (unpaired) electrons. The molecule has 2 rings (SSSR count). The molecule has 0 aliphatic heterocycles. The third kappa shape index (κ3) is 9.89. The summed E-state index contributed by atoms with van der Waals surface area (Å²) in [5, 5.41) is 20.2. The molecule has 0 heterocycles. The first-order valence-electron chi connectivity index (χ1n) is 10.4. The van der Waals surface area contributed by atoms with Crippen LogP contribution in [0.1, 0.15) is 43.0 Å². The number of carbonyl (C=O) groups excluding carboxylic acids is 1. The van der Waals surface area contributed by atoms with Crippen molar-refractivity contribution >= 4 is 5.91 Å². The second kappa shape index (κ2) is 12.1. The molecular weight excluding hydrogens is 440 g/mol. The summed E-state index contributed by atoms with van der Waals surface area (Å²) in [6.45, 7) is 3.38. The fourth-order valence-corrected chi connectivity index (χ4v) is 2.88. The van der Waals surface area contributed by atoms with Gasteiger partial charge in [-0.25, -0.2) is 17.6 Å². The molecule has 5 nitrogen and oxygen atoms in total. The molecule has 0 aliphatic rings. The number of carbonyl (C=O) groups is 1. The van der Waals surface area contributed by atoms with E-state index in [4.69, 9.17) is 15.9 Å². The highest BCUT2D eigenvalue weighted by atomic mass is 19.3. The van der Waals surface area contributed by atoms with E-state index in [1.807, 2.05) is 0 Å². The monoisotopic (exact) mass is 472 g/mol. The number of halogens is 4. The molecule has 0 unspecified atom stereocenters. The second-order valence-electron chi connectivity index (χ2n) is 8.19. The van der Waals surface area contributed by atoms with Crippen LogP contribution in [0.5, 0.6) is 0 Å². The summed E-state index contributed by atoms with van der Waals surface area (Å²) in [6, 6.07) is 11.1. The van der Waals surface area contributed by atoms with Gasteiger partial charge in [-0.2, -0.15) is 0 Å². The summed E-state index contributed by atoms with van der Waals surface area (Å²) in [7, 11) is 1.50. The molecule has 0 saturated carbocycles. The van der Waals surface area contributed by atoms with Gasteiger partial charge in [-0.05, 0) is 24.0 Å². The van der Waals surface area contributed by atoms with Crippen LogP contribution in [0, 0.1) is 5.92 Å². The number of amides is 1. The third-order valence-corrected chi connectivity index (χ3v) is 5.03. The number of benzene rings is 2. The van der Waals surface area contributed by atoms with Gasteiger partial charge in [0.2, 0.25) is 5.91 Å². The van der Waals surface area contributed by atoms with Crippen molar-refractivity contribution in [3.63, 3.8) is 0 Å². The van der Waals surface area contributed by atoms with Crippen LogP contribution in [0.15, 0.2) is 48.5 Å². The van der Waals surface area contributed by atoms with E-state index >= 15 is 0 Å². The Kier molecular flexibility index (Phi) is 10.5. The summed E-state index contributed by atoms with van der Waals surface area (Å²) in [6.07, 6.45) is -0.602. The largest absolute Gasteiger partial charge is 0.368 e. The number of nitrogens with two attached hydrogens (primary N) is 1. The molecule has 2 aromatic carbocycles. The molecule has 2 atom stereocenters. The predicted octanol–water partition coefficient (Wildman–Crippen LogP) is 3.70. The van der Waals surface area contributed by atoms with Crippen LogP contribution in [-0.4, -0.2) is 35.5 Å². The maximum atomic E-state index is 12.9. The minimum absolute atomic E-state index is 0.0338. The molecule has 5 N–H and O–H groups in total. The Bertz CT molecular complexity index is 861. The fourth-order valence-electron chi connectivity index (χ4n) is 2.88. The maximum absolute atomic E-state index is 12.9. The van der Waals surface area contributed by atoms with Gasteiger partial charge in [-0.1, -0.05) is 55.5 Å². The van der Waals surface area contributed by atoms with Crippen molar-refractivity contribution in [2.24, 2.45) is 11.7 Å². The standard InChI is InChI=1S/C12H16F2N2O.C12H16F2O2/c1-12(13,14)9-5-3-8(4-6-9)7-10(15)11(17)16-2;1-8(11(15)16)7-9-3-5-10(6-4-9)12(2,13)14/h3-6,10H,7,15H2,1-2H3,(H,16,17);3-6,8,11,15-16H,7H2,1-2H3/t10-;8-/m00/s1.